The van der Waals surface area contributed by atoms with Gasteiger partial charge in [-0.3, -0.25) is 0 Å². The molecular formula is C13H11N3O3S. The summed E-state index contributed by atoms with van der Waals surface area (Å²) in [6, 6.07) is 13.2. The average molecular weight is 289 g/mol. The highest BCUT2D eigenvalue weighted by Gasteiger charge is 2.07. The molecule has 0 atom stereocenters. The van der Waals surface area contributed by atoms with Crippen molar-refractivity contribution in [3.8, 4) is 22.9 Å². The number of hydrogen-bond acceptors (Lipinski definition) is 5. The first-order valence-electron chi connectivity index (χ1n) is 5.51. The Kier molecular flexibility index (Phi) is 3.61. The molecule has 0 heterocycles. The first-order chi connectivity index (χ1) is 9.39. The van der Waals surface area contributed by atoms with Gasteiger partial charge in [0.25, 0.3) is 0 Å². The third kappa shape index (κ3) is 3.26. The summed E-state index contributed by atoms with van der Waals surface area (Å²) < 4.78 is 26.1. The Hall–Kier alpha value is -2.56. The zero-order chi connectivity index (χ0) is 14.8. The van der Waals surface area contributed by atoms with Crippen molar-refractivity contribution in [1.82, 2.24) is 0 Å². The predicted octanol–water partition coefficient (Wildman–Crippen LogP) is 1.39. The van der Waals surface area contributed by atoms with E-state index < -0.39 is 10.3 Å². The van der Waals surface area contributed by atoms with E-state index in [0.29, 0.717) is 11.3 Å². The fraction of sp³-hybridized carbons (Fsp3) is 0. The van der Waals surface area contributed by atoms with E-state index in [0.717, 1.165) is 11.1 Å². The maximum atomic E-state index is 10.8. The van der Waals surface area contributed by atoms with Crippen molar-refractivity contribution in [3.63, 3.8) is 0 Å². The third-order valence-electron chi connectivity index (χ3n) is 2.56. The summed E-state index contributed by atoms with van der Waals surface area (Å²) in [4.78, 5) is 0. The minimum absolute atomic E-state index is 0.114. The minimum atomic E-state index is -4.03. The molecule has 0 amide bonds. The van der Waals surface area contributed by atoms with E-state index in [1.807, 2.05) is 6.07 Å². The quantitative estimate of drug-likeness (QED) is 0.827. The van der Waals surface area contributed by atoms with Crippen LogP contribution in [0.15, 0.2) is 42.5 Å². The van der Waals surface area contributed by atoms with Gasteiger partial charge in [-0.2, -0.15) is 18.8 Å². The van der Waals surface area contributed by atoms with Crippen LogP contribution in [-0.2, 0) is 10.3 Å². The summed E-state index contributed by atoms with van der Waals surface area (Å²) in [5, 5.41) is 13.5. The highest BCUT2D eigenvalue weighted by molar-refractivity contribution is 7.84. The Labute approximate surface area is 116 Å². The van der Waals surface area contributed by atoms with Gasteiger partial charge < -0.3 is 9.92 Å². The van der Waals surface area contributed by atoms with Crippen LogP contribution in [0.3, 0.4) is 0 Å². The van der Waals surface area contributed by atoms with Crippen LogP contribution in [-0.4, -0.2) is 8.42 Å². The van der Waals surface area contributed by atoms with Gasteiger partial charge in [-0.05, 0) is 29.8 Å². The molecule has 0 unspecified atom stereocenters. The smallest absolute Gasteiger partial charge is 0.380 e. The van der Waals surface area contributed by atoms with Crippen molar-refractivity contribution in [2.75, 3.05) is 5.73 Å². The second-order valence-corrected chi connectivity index (χ2v) is 5.17. The molecule has 7 heteroatoms. The molecule has 0 bridgehead atoms. The molecule has 4 N–H and O–H groups in total. The van der Waals surface area contributed by atoms with Crippen molar-refractivity contribution in [3.05, 3.63) is 48.0 Å². The van der Waals surface area contributed by atoms with E-state index in [1.54, 1.807) is 30.3 Å². The Morgan fingerprint density at radius 2 is 1.75 bits per heavy atom. The molecule has 2 aromatic rings. The zero-order valence-electron chi connectivity index (χ0n) is 10.3. The lowest BCUT2D eigenvalue weighted by molar-refractivity contribution is 0.488. The van der Waals surface area contributed by atoms with Gasteiger partial charge in [0.15, 0.2) is 0 Å². The third-order valence-corrected chi connectivity index (χ3v) is 2.98. The van der Waals surface area contributed by atoms with Gasteiger partial charge in [0, 0.05) is 11.3 Å². The minimum Gasteiger partial charge on any atom is -0.398 e. The van der Waals surface area contributed by atoms with Crippen LogP contribution < -0.4 is 15.1 Å². The molecule has 0 aliphatic carbocycles. The Morgan fingerprint density at radius 3 is 2.25 bits per heavy atom. The molecule has 0 aliphatic rings. The van der Waals surface area contributed by atoms with Crippen molar-refractivity contribution in [1.29, 1.82) is 5.26 Å². The van der Waals surface area contributed by atoms with E-state index >= 15 is 0 Å². The van der Waals surface area contributed by atoms with Crippen LogP contribution >= 0.6 is 0 Å². The summed E-state index contributed by atoms with van der Waals surface area (Å²) >= 11 is 0. The number of nitrogens with zero attached hydrogens (tertiary/aromatic N) is 1. The number of rotatable bonds is 3. The molecular weight excluding hydrogens is 278 g/mol. The van der Waals surface area contributed by atoms with Crippen molar-refractivity contribution >= 4 is 16.0 Å². The molecule has 6 nitrogen and oxygen atoms in total. The van der Waals surface area contributed by atoms with Gasteiger partial charge in [-0.15, -0.1) is 0 Å². The van der Waals surface area contributed by atoms with Gasteiger partial charge in [0.2, 0.25) is 0 Å². The number of benzene rings is 2. The monoisotopic (exact) mass is 289 g/mol. The van der Waals surface area contributed by atoms with Gasteiger partial charge in [0.1, 0.15) is 5.75 Å². The summed E-state index contributed by atoms with van der Waals surface area (Å²) in [6.45, 7) is 0. The lowest BCUT2D eigenvalue weighted by Crippen LogP contribution is -2.18. The molecule has 0 aliphatic heterocycles. The number of nitrogen functional groups attached to an aromatic ring is 1. The standard InChI is InChI=1S/C13H11N3O3S/c14-8-9-1-6-12(13(15)7-9)10-2-4-11(5-3-10)19-20(16,17)18/h1-7H,15H2,(H2,16,17,18). The molecule has 2 rings (SSSR count). The van der Waals surface area contributed by atoms with Crippen LogP contribution in [0, 0.1) is 11.3 Å². The van der Waals surface area contributed by atoms with E-state index in [-0.39, 0.29) is 5.75 Å². The van der Waals surface area contributed by atoms with Crippen LogP contribution in [0.5, 0.6) is 5.75 Å². The molecule has 0 aromatic heterocycles. The highest BCUT2D eigenvalue weighted by atomic mass is 32.2. The van der Waals surface area contributed by atoms with Gasteiger partial charge >= 0.3 is 10.3 Å². The summed E-state index contributed by atoms with van der Waals surface area (Å²) in [5.41, 5.74) is 8.32. The Balaban J connectivity index is 2.33. The van der Waals surface area contributed by atoms with Crippen molar-refractivity contribution in [2.45, 2.75) is 0 Å². The SMILES string of the molecule is N#Cc1ccc(-c2ccc(OS(N)(=O)=O)cc2)c(N)c1. The normalized spacial score (nSPS) is 10.8. The first kappa shape index (κ1) is 13.9. The van der Waals surface area contributed by atoms with Crippen molar-refractivity contribution < 1.29 is 12.6 Å². The second-order valence-electron chi connectivity index (χ2n) is 4.01. The first-order valence-corrected chi connectivity index (χ1v) is 6.98. The molecule has 0 fully saturated rings. The number of hydrogen-bond donors (Lipinski definition) is 2. The van der Waals surface area contributed by atoms with Crippen LogP contribution in [0.2, 0.25) is 0 Å². The maximum absolute atomic E-state index is 10.8. The van der Waals surface area contributed by atoms with Gasteiger partial charge in [-0.1, -0.05) is 18.2 Å². The fourth-order valence-electron chi connectivity index (χ4n) is 1.72. The van der Waals surface area contributed by atoms with E-state index in [2.05, 4.69) is 4.18 Å². The lowest BCUT2D eigenvalue weighted by atomic mass is 10.0. The summed E-state index contributed by atoms with van der Waals surface area (Å²) in [5.74, 6) is 0.114. The van der Waals surface area contributed by atoms with Crippen molar-refractivity contribution in [2.24, 2.45) is 5.14 Å². The number of anilines is 1. The maximum Gasteiger partial charge on any atom is 0.380 e. The topological polar surface area (TPSA) is 119 Å². The molecule has 0 spiro atoms. The highest BCUT2D eigenvalue weighted by Crippen LogP contribution is 2.28. The Morgan fingerprint density at radius 1 is 1.10 bits per heavy atom. The zero-order valence-corrected chi connectivity index (χ0v) is 11.1. The molecule has 0 saturated heterocycles. The largest absolute Gasteiger partial charge is 0.398 e. The molecule has 102 valence electrons. The fourth-order valence-corrected chi connectivity index (χ4v) is 2.10. The predicted molar refractivity (Wildman–Crippen MR) is 74.7 cm³/mol. The molecule has 0 radical (unpaired) electrons. The van der Waals surface area contributed by atoms with Gasteiger partial charge in [0.05, 0.1) is 11.6 Å². The van der Waals surface area contributed by atoms with Crippen LogP contribution in [0.1, 0.15) is 5.56 Å². The summed E-state index contributed by atoms with van der Waals surface area (Å²) in [7, 11) is -4.03. The number of nitriles is 1. The Bertz CT molecular complexity index is 777. The average Bonchev–Trinajstić information content (AvgIpc) is 2.38. The number of nitrogens with two attached hydrogens (primary N) is 2. The second kappa shape index (κ2) is 5.21. The van der Waals surface area contributed by atoms with E-state index in [1.165, 1.54) is 12.1 Å². The van der Waals surface area contributed by atoms with Crippen LogP contribution in [0.4, 0.5) is 5.69 Å². The molecule has 0 saturated carbocycles. The van der Waals surface area contributed by atoms with Crippen LogP contribution in [0.25, 0.3) is 11.1 Å². The van der Waals surface area contributed by atoms with E-state index in [4.69, 9.17) is 16.1 Å². The lowest BCUT2D eigenvalue weighted by Gasteiger charge is -2.07. The molecule has 2 aromatic carbocycles. The van der Waals surface area contributed by atoms with Gasteiger partial charge in [-0.25, -0.2) is 0 Å². The summed E-state index contributed by atoms with van der Waals surface area (Å²) in [6.07, 6.45) is 0. The molecule has 20 heavy (non-hydrogen) atoms. The van der Waals surface area contributed by atoms with E-state index in [9.17, 15) is 8.42 Å².